The minimum Gasteiger partial charge on any atom is -0.431 e. The molecule has 0 saturated carbocycles. The van der Waals surface area contributed by atoms with Crippen molar-refractivity contribution in [3.63, 3.8) is 0 Å². The van der Waals surface area contributed by atoms with E-state index >= 15 is 0 Å². The monoisotopic (exact) mass is 353 g/mol. The second kappa shape index (κ2) is 7.70. The molecule has 0 bridgehead atoms. The van der Waals surface area contributed by atoms with Crippen molar-refractivity contribution < 1.29 is 13.5 Å². The van der Waals surface area contributed by atoms with Gasteiger partial charge in [0.15, 0.2) is 5.75 Å². The lowest BCUT2D eigenvalue weighted by atomic mass is 10.1. The summed E-state index contributed by atoms with van der Waals surface area (Å²) in [5.74, 6) is 0.0600. The summed E-state index contributed by atoms with van der Waals surface area (Å²) < 4.78 is 29.7. The number of nitrogens with one attached hydrogen (secondary N) is 1. The van der Waals surface area contributed by atoms with E-state index in [2.05, 4.69) is 32.6 Å². The molecule has 0 aliphatic carbocycles. The lowest BCUT2D eigenvalue weighted by Crippen LogP contribution is -2.16. The van der Waals surface area contributed by atoms with E-state index in [1.165, 1.54) is 6.07 Å². The number of benzene rings is 1. The van der Waals surface area contributed by atoms with Crippen molar-refractivity contribution in [1.29, 1.82) is 0 Å². The lowest BCUT2D eigenvalue weighted by molar-refractivity contribution is -0.0498. The van der Waals surface area contributed by atoms with Crippen LogP contribution in [0.4, 0.5) is 14.5 Å². The zero-order chi connectivity index (χ0) is 14.4. The fourth-order valence-corrected chi connectivity index (χ4v) is 2.49. The van der Waals surface area contributed by atoms with Gasteiger partial charge in [0.05, 0.1) is 10.2 Å². The largest absolute Gasteiger partial charge is 0.431 e. The van der Waals surface area contributed by atoms with Gasteiger partial charge in [0.1, 0.15) is 0 Å². The highest BCUT2D eigenvalue weighted by Gasteiger charge is 2.16. The Morgan fingerprint density at radius 3 is 2.79 bits per heavy atom. The van der Waals surface area contributed by atoms with E-state index < -0.39 is 6.61 Å². The molecule has 0 aliphatic heterocycles. The van der Waals surface area contributed by atoms with Gasteiger partial charge in [-0.05, 0) is 47.8 Å². The zero-order valence-electron chi connectivity index (χ0n) is 10.4. The zero-order valence-corrected chi connectivity index (χ0v) is 12.8. The smallest absolute Gasteiger partial charge is 0.387 e. The molecule has 1 aromatic carbocycles. The van der Waals surface area contributed by atoms with Gasteiger partial charge in [-0.1, -0.05) is 17.7 Å². The van der Waals surface area contributed by atoms with Gasteiger partial charge in [0.25, 0.3) is 0 Å². The van der Waals surface area contributed by atoms with Crippen LogP contribution < -0.4 is 10.1 Å². The normalized spacial score (nSPS) is 12.3. The number of hydrogen-bond acceptors (Lipinski definition) is 2. The topological polar surface area (TPSA) is 21.3 Å². The summed E-state index contributed by atoms with van der Waals surface area (Å²) in [7, 11) is 0. The maximum Gasteiger partial charge on any atom is 0.387 e. The fraction of sp³-hybridized carbons (Fsp3) is 0.385. The van der Waals surface area contributed by atoms with Crippen molar-refractivity contribution >= 4 is 33.2 Å². The molecule has 0 radical (unpaired) electrons. The van der Waals surface area contributed by atoms with Gasteiger partial charge < -0.3 is 10.1 Å². The van der Waals surface area contributed by atoms with E-state index in [1.54, 1.807) is 6.07 Å². The number of halogens is 4. The van der Waals surface area contributed by atoms with E-state index in [4.69, 9.17) is 11.6 Å². The van der Waals surface area contributed by atoms with Crippen molar-refractivity contribution in [2.45, 2.75) is 32.4 Å². The minimum atomic E-state index is -2.89. The van der Waals surface area contributed by atoms with Crippen molar-refractivity contribution in [2.24, 2.45) is 0 Å². The third-order valence-electron chi connectivity index (χ3n) is 2.42. The first-order chi connectivity index (χ1) is 8.93. The number of alkyl halides is 2. The Bertz CT molecular complexity index is 443. The molecule has 106 valence electrons. The molecule has 0 aromatic heterocycles. The molecular weight excluding hydrogens is 340 g/mol. The molecule has 0 spiro atoms. The van der Waals surface area contributed by atoms with Crippen LogP contribution in [0.1, 0.15) is 19.8 Å². The summed E-state index contributed by atoms with van der Waals surface area (Å²) in [5, 5.41) is 3.55. The SMILES string of the molecule is C=CCCC(C)Nc1cc(Cl)cc(Br)c1OC(F)F. The first-order valence-corrected chi connectivity index (χ1v) is 6.92. The third kappa shape index (κ3) is 5.37. The minimum absolute atomic E-state index is 0.0600. The first-order valence-electron chi connectivity index (χ1n) is 5.75. The number of hydrogen-bond donors (Lipinski definition) is 1. The van der Waals surface area contributed by atoms with E-state index in [0.717, 1.165) is 12.8 Å². The molecule has 0 amide bonds. The number of anilines is 1. The second-order valence-corrected chi connectivity index (χ2v) is 5.34. The molecule has 6 heteroatoms. The van der Waals surface area contributed by atoms with Crippen molar-refractivity contribution in [1.82, 2.24) is 0 Å². The van der Waals surface area contributed by atoms with E-state index in [1.807, 2.05) is 13.0 Å². The lowest BCUT2D eigenvalue weighted by Gasteiger charge is -2.19. The Kier molecular flexibility index (Phi) is 6.58. The molecule has 0 aliphatic rings. The average molecular weight is 355 g/mol. The molecule has 0 heterocycles. The van der Waals surface area contributed by atoms with E-state index in [-0.39, 0.29) is 11.8 Å². The Morgan fingerprint density at radius 1 is 1.53 bits per heavy atom. The summed E-state index contributed by atoms with van der Waals surface area (Å²) in [4.78, 5) is 0. The predicted octanol–water partition coefficient (Wildman–Crippen LogP) is 5.47. The Hall–Kier alpha value is -0.810. The van der Waals surface area contributed by atoms with Gasteiger partial charge in [0, 0.05) is 11.1 Å². The van der Waals surface area contributed by atoms with E-state index in [0.29, 0.717) is 15.2 Å². The highest BCUT2D eigenvalue weighted by Crippen LogP contribution is 2.38. The van der Waals surface area contributed by atoms with Gasteiger partial charge in [-0.15, -0.1) is 6.58 Å². The Labute approximate surface area is 124 Å². The second-order valence-electron chi connectivity index (χ2n) is 4.05. The van der Waals surface area contributed by atoms with Crippen LogP contribution in [0.3, 0.4) is 0 Å². The van der Waals surface area contributed by atoms with Crippen LogP contribution in [0.5, 0.6) is 5.75 Å². The number of allylic oxidation sites excluding steroid dienone is 1. The van der Waals surface area contributed by atoms with Crippen molar-refractivity contribution in [3.8, 4) is 5.75 Å². The standard InChI is InChI=1S/C13H15BrClF2NO/c1-3-4-5-8(2)18-11-7-9(15)6-10(14)12(11)19-13(16)17/h3,6-8,13,18H,1,4-5H2,2H3. The predicted molar refractivity (Wildman–Crippen MR) is 78.3 cm³/mol. The maximum absolute atomic E-state index is 12.4. The summed E-state index contributed by atoms with van der Waals surface area (Å²) >= 11 is 9.09. The summed E-state index contributed by atoms with van der Waals surface area (Å²) in [6.45, 7) is 2.71. The molecule has 0 saturated heterocycles. The van der Waals surface area contributed by atoms with Crippen LogP contribution in [-0.2, 0) is 0 Å². The van der Waals surface area contributed by atoms with Crippen LogP contribution in [0, 0.1) is 0 Å². The highest BCUT2D eigenvalue weighted by molar-refractivity contribution is 9.10. The van der Waals surface area contributed by atoms with Gasteiger partial charge in [-0.25, -0.2) is 0 Å². The summed E-state index contributed by atoms with van der Waals surface area (Å²) in [6.07, 6.45) is 3.48. The molecule has 1 unspecified atom stereocenters. The van der Waals surface area contributed by atoms with Gasteiger partial charge in [-0.2, -0.15) is 8.78 Å². The van der Waals surface area contributed by atoms with Crippen LogP contribution in [0.25, 0.3) is 0 Å². The van der Waals surface area contributed by atoms with Crippen LogP contribution in [0.2, 0.25) is 5.02 Å². The highest BCUT2D eigenvalue weighted by atomic mass is 79.9. The van der Waals surface area contributed by atoms with Crippen molar-refractivity contribution in [2.75, 3.05) is 5.32 Å². The van der Waals surface area contributed by atoms with Crippen LogP contribution >= 0.6 is 27.5 Å². The molecule has 1 rings (SSSR count). The quantitative estimate of drug-likeness (QED) is 0.656. The number of rotatable bonds is 7. The van der Waals surface area contributed by atoms with Gasteiger partial charge in [-0.3, -0.25) is 0 Å². The molecule has 2 nitrogen and oxygen atoms in total. The molecule has 1 atom stereocenters. The van der Waals surface area contributed by atoms with Crippen LogP contribution in [0.15, 0.2) is 29.3 Å². The Balaban J connectivity index is 2.93. The van der Waals surface area contributed by atoms with Crippen LogP contribution in [-0.4, -0.2) is 12.7 Å². The van der Waals surface area contributed by atoms with Gasteiger partial charge in [0.2, 0.25) is 0 Å². The van der Waals surface area contributed by atoms with Crippen molar-refractivity contribution in [3.05, 3.63) is 34.3 Å². The molecule has 0 fully saturated rings. The number of ether oxygens (including phenoxy) is 1. The average Bonchev–Trinajstić information content (AvgIpc) is 2.30. The summed E-state index contributed by atoms with van der Waals surface area (Å²) in [5.41, 5.74) is 0.441. The molecule has 1 N–H and O–H groups in total. The van der Waals surface area contributed by atoms with E-state index in [9.17, 15) is 8.78 Å². The fourth-order valence-electron chi connectivity index (χ4n) is 1.58. The third-order valence-corrected chi connectivity index (χ3v) is 3.23. The molecular formula is C13H15BrClF2NO. The van der Waals surface area contributed by atoms with Gasteiger partial charge >= 0.3 is 6.61 Å². The summed E-state index contributed by atoms with van der Waals surface area (Å²) in [6, 6.07) is 3.16. The first kappa shape index (κ1) is 16.2. The maximum atomic E-state index is 12.4. The molecule has 1 aromatic rings. The molecule has 19 heavy (non-hydrogen) atoms. The Morgan fingerprint density at radius 2 is 2.21 bits per heavy atom.